The maximum absolute atomic E-state index is 11.8. The quantitative estimate of drug-likeness (QED) is 0.731. The molecule has 0 bridgehead atoms. The predicted octanol–water partition coefficient (Wildman–Crippen LogP) is 0.620. The number of nitrogens with one attached hydrogen (secondary N) is 2. The summed E-state index contributed by atoms with van der Waals surface area (Å²) in [6, 6.07) is 0. The Labute approximate surface area is 108 Å². The molecule has 5 nitrogen and oxygen atoms in total. The molecule has 1 rings (SSSR count). The highest BCUT2D eigenvalue weighted by Gasteiger charge is 2.41. The van der Waals surface area contributed by atoms with Crippen LogP contribution in [0, 0.1) is 0 Å². The molecule has 0 aromatic rings. The maximum Gasteiger partial charge on any atom is 0.331 e. The van der Waals surface area contributed by atoms with Crippen molar-refractivity contribution in [2.45, 2.75) is 37.6 Å². The molecule has 100 valence electrons. The number of carbonyl (C=O) groups excluding carboxylic acids is 2. The van der Waals surface area contributed by atoms with Gasteiger partial charge in [-0.25, -0.2) is 4.79 Å². The fourth-order valence-corrected chi connectivity index (χ4v) is 2.20. The molecule has 6 heteroatoms. The van der Waals surface area contributed by atoms with Crippen molar-refractivity contribution >= 4 is 24.3 Å². The highest BCUT2D eigenvalue weighted by molar-refractivity contribution is 5.88. The van der Waals surface area contributed by atoms with Crippen molar-refractivity contribution in [1.82, 2.24) is 10.6 Å². The van der Waals surface area contributed by atoms with Crippen LogP contribution >= 0.6 is 12.4 Å². The van der Waals surface area contributed by atoms with Crippen molar-refractivity contribution in [3.63, 3.8) is 0 Å². The molecule has 17 heavy (non-hydrogen) atoms. The van der Waals surface area contributed by atoms with Crippen LogP contribution < -0.4 is 10.6 Å². The summed E-state index contributed by atoms with van der Waals surface area (Å²) in [4.78, 5) is 23.3. The number of hydrogen-bond acceptors (Lipinski definition) is 4. The van der Waals surface area contributed by atoms with Gasteiger partial charge in [0.15, 0.2) is 0 Å². The fourth-order valence-electron chi connectivity index (χ4n) is 2.20. The minimum Gasteiger partial charge on any atom is -0.467 e. The van der Waals surface area contributed by atoms with Gasteiger partial charge in [0.2, 0.25) is 5.91 Å². The Morgan fingerprint density at radius 3 is 2.29 bits per heavy atom. The van der Waals surface area contributed by atoms with E-state index in [1.54, 1.807) is 7.05 Å². The molecule has 0 unspecified atom stereocenters. The molecule has 0 aromatic carbocycles. The molecular formula is C11H21ClN2O3. The van der Waals surface area contributed by atoms with Crippen LogP contribution in [0.4, 0.5) is 0 Å². The van der Waals surface area contributed by atoms with E-state index in [1.807, 2.05) is 0 Å². The normalized spacial score (nSPS) is 17.8. The van der Waals surface area contributed by atoms with Crippen molar-refractivity contribution in [2.75, 3.05) is 20.7 Å². The van der Waals surface area contributed by atoms with Crippen molar-refractivity contribution in [3.8, 4) is 0 Å². The minimum absolute atomic E-state index is 0. The lowest BCUT2D eigenvalue weighted by Crippen LogP contribution is -2.57. The van der Waals surface area contributed by atoms with Crippen molar-refractivity contribution in [1.29, 1.82) is 0 Å². The molecule has 0 spiro atoms. The number of carbonyl (C=O) groups is 2. The van der Waals surface area contributed by atoms with Gasteiger partial charge >= 0.3 is 5.97 Å². The van der Waals surface area contributed by atoms with Crippen LogP contribution in [-0.4, -0.2) is 38.1 Å². The Balaban J connectivity index is 0.00000256. The topological polar surface area (TPSA) is 67.4 Å². The Kier molecular flexibility index (Phi) is 7.15. The Hall–Kier alpha value is -0.810. The molecule has 0 aromatic heterocycles. The van der Waals surface area contributed by atoms with Crippen LogP contribution in [0.2, 0.25) is 0 Å². The zero-order valence-corrected chi connectivity index (χ0v) is 11.2. The number of halogens is 1. The van der Waals surface area contributed by atoms with Crippen LogP contribution in [0.15, 0.2) is 0 Å². The first kappa shape index (κ1) is 16.2. The molecule has 0 saturated heterocycles. The van der Waals surface area contributed by atoms with Gasteiger partial charge in [-0.3, -0.25) is 4.79 Å². The Morgan fingerprint density at radius 1 is 1.24 bits per heavy atom. The summed E-state index contributed by atoms with van der Waals surface area (Å²) in [5.74, 6) is -0.480. The zero-order valence-electron chi connectivity index (χ0n) is 10.4. The maximum atomic E-state index is 11.8. The standard InChI is InChI=1S/C11H20N2O3.ClH/c1-12-8-9(14)13-11(10(15)16-2)6-4-3-5-7-11;/h12H,3-8H2,1-2H3,(H,13,14);1H. The third kappa shape index (κ3) is 4.16. The molecule has 1 fully saturated rings. The lowest BCUT2D eigenvalue weighted by Gasteiger charge is -2.35. The lowest BCUT2D eigenvalue weighted by molar-refractivity contribution is -0.152. The van der Waals surface area contributed by atoms with E-state index in [0.29, 0.717) is 12.8 Å². The second kappa shape index (κ2) is 7.50. The lowest BCUT2D eigenvalue weighted by atomic mass is 9.81. The molecule has 0 heterocycles. The molecule has 1 saturated carbocycles. The van der Waals surface area contributed by atoms with Crippen LogP contribution in [0.1, 0.15) is 32.1 Å². The van der Waals surface area contributed by atoms with Gasteiger partial charge in [0.05, 0.1) is 13.7 Å². The van der Waals surface area contributed by atoms with E-state index in [9.17, 15) is 9.59 Å². The molecule has 1 aliphatic rings. The molecular weight excluding hydrogens is 244 g/mol. The Bertz CT molecular complexity index is 265. The van der Waals surface area contributed by atoms with E-state index < -0.39 is 5.54 Å². The molecule has 0 radical (unpaired) electrons. The molecule has 2 N–H and O–H groups in total. The third-order valence-electron chi connectivity index (χ3n) is 3.00. The van der Waals surface area contributed by atoms with Crippen molar-refractivity contribution in [2.24, 2.45) is 0 Å². The van der Waals surface area contributed by atoms with E-state index in [4.69, 9.17) is 4.74 Å². The molecule has 0 atom stereocenters. The smallest absolute Gasteiger partial charge is 0.331 e. The van der Waals surface area contributed by atoms with E-state index in [2.05, 4.69) is 10.6 Å². The van der Waals surface area contributed by atoms with Crippen molar-refractivity contribution in [3.05, 3.63) is 0 Å². The first-order valence-electron chi connectivity index (χ1n) is 5.68. The number of likely N-dealkylation sites (N-methyl/N-ethyl adjacent to an activating group) is 1. The average molecular weight is 265 g/mol. The Morgan fingerprint density at radius 2 is 1.82 bits per heavy atom. The van der Waals surface area contributed by atoms with Crippen LogP contribution in [0.5, 0.6) is 0 Å². The van der Waals surface area contributed by atoms with E-state index in [-0.39, 0.29) is 30.8 Å². The number of esters is 1. The molecule has 1 aliphatic carbocycles. The highest BCUT2D eigenvalue weighted by atomic mass is 35.5. The number of methoxy groups -OCH3 is 1. The van der Waals surface area contributed by atoms with Gasteiger partial charge in [0.1, 0.15) is 5.54 Å². The first-order valence-corrected chi connectivity index (χ1v) is 5.68. The van der Waals surface area contributed by atoms with Crippen LogP contribution in [0.25, 0.3) is 0 Å². The predicted molar refractivity (Wildman–Crippen MR) is 67.1 cm³/mol. The summed E-state index contributed by atoms with van der Waals surface area (Å²) in [5.41, 5.74) is -0.791. The summed E-state index contributed by atoms with van der Waals surface area (Å²) in [5, 5.41) is 5.58. The highest BCUT2D eigenvalue weighted by Crippen LogP contribution is 2.29. The zero-order chi connectivity index (χ0) is 12.0. The average Bonchev–Trinajstić information content (AvgIpc) is 2.29. The van der Waals surface area contributed by atoms with Gasteiger partial charge in [-0.15, -0.1) is 12.4 Å². The van der Waals surface area contributed by atoms with Gasteiger partial charge in [0, 0.05) is 0 Å². The van der Waals surface area contributed by atoms with Gasteiger partial charge in [-0.2, -0.15) is 0 Å². The minimum atomic E-state index is -0.791. The van der Waals surface area contributed by atoms with Crippen LogP contribution in [-0.2, 0) is 14.3 Å². The second-order valence-corrected chi connectivity index (χ2v) is 4.21. The monoisotopic (exact) mass is 264 g/mol. The number of ether oxygens (including phenoxy) is 1. The number of amides is 1. The number of hydrogen-bond donors (Lipinski definition) is 2. The largest absolute Gasteiger partial charge is 0.467 e. The summed E-state index contributed by atoms with van der Waals surface area (Å²) in [7, 11) is 3.06. The van der Waals surface area contributed by atoms with Gasteiger partial charge < -0.3 is 15.4 Å². The van der Waals surface area contributed by atoms with Crippen LogP contribution in [0.3, 0.4) is 0 Å². The third-order valence-corrected chi connectivity index (χ3v) is 3.00. The summed E-state index contributed by atoms with van der Waals surface area (Å²) < 4.78 is 4.80. The van der Waals surface area contributed by atoms with Gasteiger partial charge in [0.25, 0.3) is 0 Å². The van der Waals surface area contributed by atoms with E-state index in [0.717, 1.165) is 19.3 Å². The van der Waals surface area contributed by atoms with Gasteiger partial charge in [-0.1, -0.05) is 19.3 Å². The number of rotatable bonds is 4. The second-order valence-electron chi connectivity index (χ2n) is 4.21. The summed E-state index contributed by atoms with van der Waals surface area (Å²) >= 11 is 0. The van der Waals surface area contributed by atoms with E-state index in [1.165, 1.54) is 7.11 Å². The molecule has 1 amide bonds. The SMILES string of the molecule is CNCC(=O)NC1(C(=O)OC)CCCCC1.Cl. The molecule has 0 aliphatic heterocycles. The fraction of sp³-hybridized carbons (Fsp3) is 0.818. The summed E-state index contributed by atoms with van der Waals surface area (Å²) in [6.45, 7) is 0.221. The summed E-state index contributed by atoms with van der Waals surface area (Å²) in [6.07, 6.45) is 4.37. The van der Waals surface area contributed by atoms with E-state index >= 15 is 0 Å². The van der Waals surface area contributed by atoms with Crippen molar-refractivity contribution < 1.29 is 14.3 Å². The first-order chi connectivity index (χ1) is 7.64. The van der Waals surface area contributed by atoms with Gasteiger partial charge in [-0.05, 0) is 19.9 Å².